The van der Waals surface area contributed by atoms with E-state index in [4.69, 9.17) is 11.6 Å². The average Bonchev–Trinajstić information content (AvgIpc) is 2.68. The Morgan fingerprint density at radius 2 is 1.79 bits per heavy atom. The minimum Gasteiger partial charge on any atom is -0.340 e. The number of sulfonamides is 1. The molecule has 1 saturated heterocycles. The number of piperazine rings is 1. The molecule has 156 valence electrons. The molecule has 1 aliphatic rings. The number of alkyl halides is 3. The van der Waals surface area contributed by atoms with Crippen LogP contribution in [0.2, 0.25) is 5.02 Å². The molecule has 0 N–H and O–H groups in total. The lowest BCUT2D eigenvalue weighted by Gasteiger charge is -2.34. The number of nitrogens with zero attached hydrogens (tertiary/aromatic N) is 3. The zero-order chi connectivity index (χ0) is 21.2. The Hall–Kier alpha value is -2.17. The Bertz CT molecular complexity index is 992. The third-order valence-electron chi connectivity index (χ3n) is 4.53. The van der Waals surface area contributed by atoms with Crippen molar-refractivity contribution in [1.29, 1.82) is 0 Å². The van der Waals surface area contributed by atoms with Gasteiger partial charge in [-0.25, -0.2) is 8.42 Å². The van der Waals surface area contributed by atoms with Crippen molar-refractivity contribution in [2.75, 3.05) is 26.2 Å². The lowest BCUT2D eigenvalue weighted by molar-refractivity contribution is -0.137. The highest BCUT2D eigenvalue weighted by molar-refractivity contribution is 7.89. The van der Waals surface area contributed by atoms with Crippen LogP contribution in [0.1, 0.15) is 11.3 Å². The van der Waals surface area contributed by atoms with E-state index >= 15 is 0 Å². The molecule has 2 heterocycles. The zero-order valence-electron chi connectivity index (χ0n) is 15.1. The van der Waals surface area contributed by atoms with Crippen LogP contribution < -0.4 is 0 Å². The van der Waals surface area contributed by atoms with Gasteiger partial charge in [-0.3, -0.25) is 9.78 Å². The fourth-order valence-corrected chi connectivity index (χ4v) is 4.65. The van der Waals surface area contributed by atoms with Gasteiger partial charge in [-0.1, -0.05) is 17.7 Å². The second-order valence-electron chi connectivity index (χ2n) is 6.42. The summed E-state index contributed by atoms with van der Waals surface area (Å²) in [6.45, 7) is 0.260. The van der Waals surface area contributed by atoms with E-state index < -0.39 is 31.7 Å². The van der Waals surface area contributed by atoms with E-state index in [1.807, 2.05) is 0 Å². The second-order valence-corrected chi connectivity index (χ2v) is 8.77. The first-order chi connectivity index (χ1) is 13.6. The van der Waals surface area contributed by atoms with E-state index in [9.17, 15) is 26.4 Å². The quantitative estimate of drug-likeness (QED) is 0.722. The molecule has 1 aliphatic heterocycles. The van der Waals surface area contributed by atoms with Crippen LogP contribution in [0.15, 0.2) is 47.5 Å². The fourth-order valence-electron chi connectivity index (χ4n) is 2.98. The van der Waals surface area contributed by atoms with Crippen molar-refractivity contribution >= 4 is 27.5 Å². The van der Waals surface area contributed by atoms with Crippen molar-refractivity contribution in [3.8, 4) is 0 Å². The number of hydrogen-bond acceptors (Lipinski definition) is 4. The summed E-state index contributed by atoms with van der Waals surface area (Å²) >= 11 is 5.56. The largest absolute Gasteiger partial charge is 0.417 e. The third kappa shape index (κ3) is 4.88. The summed E-state index contributed by atoms with van der Waals surface area (Å²) in [6, 6.07) is 7.73. The summed E-state index contributed by atoms with van der Waals surface area (Å²) < 4.78 is 65.7. The smallest absolute Gasteiger partial charge is 0.340 e. The molecular weight excluding hydrogens is 431 g/mol. The summed E-state index contributed by atoms with van der Waals surface area (Å²) in [5.41, 5.74) is -0.599. The van der Waals surface area contributed by atoms with Crippen LogP contribution in [0.5, 0.6) is 0 Å². The Labute approximate surface area is 170 Å². The van der Waals surface area contributed by atoms with Crippen molar-refractivity contribution in [2.24, 2.45) is 0 Å². The monoisotopic (exact) mass is 447 g/mol. The van der Waals surface area contributed by atoms with Gasteiger partial charge in [0.1, 0.15) is 0 Å². The molecule has 2 aromatic rings. The van der Waals surface area contributed by atoms with E-state index in [0.717, 1.165) is 16.4 Å². The fraction of sp³-hybridized carbons (Fsp3) is 0.333. The molecule has 0 bridgehead atoms. The van der Waals surface area contributed by atoms with Crippen LogP contribution in [0.3, 0.4) is 0 Å². The highest BCUT2D eigenvalue weighted by Gasteiger charge is 2.36. The van der Waals surface area contributed by atoms with Crippen molar-refractivity contribution < 1.29 is 26.4 Å². The molecule has 0 aliphatic carbocycles. The first kappa shape index (κ1) is 21.5. The summed E-state index contributed by atoms with van der Waals surface area (Å²) in [6.07, 6.45) is -3.09. The third-order valence-corrected chi connectivity index (χ3v) is 6.76. The van der Waals surface area contributed by atoms with Crippen molar-refractivity contribution in [3.05, 3.63) is 58.9 Å². The van der Waals surface area contributed by atoms with E-state index in [1.165, 1.54) is 4.90 Å². The van der Waals surface area contributed by atoms with Gasteiger partial charge in [-0.2, -0.15) is 17.5 Å². The summed E-state index contributed by atoms with van der Waals surface area (Å²) in [5.74, 6) is -0.188. The van der Waals surface area contributed by atoms with Crippen LogP contribution >= 0.6 is 11.6 Å². The van der Waals surface area contributed by atoms with Gasteiger partial charge in [0.25, 0.3) is 0 Å². The van der Waals surface area contributed by atoms with E-state index in [0.29, 0.717) is 11.8 Å². The molecule has 11 heteroatoms. The number of pyridine rings is 1. The Morgan fingerprint density at radius 1 is 1.10 bits per heavy atom. The van der Waals surface area contributed by atoms with Crippen molar-refractivity contribution in [3.63, 3.8) is 0 Å². The number of rotatable bonds is 4. The van der Waals surface area contributed by atoms with Crippen LogP contribution in [0, 0.1) is 0 Å². The summed E-state index contributed by atoms with van der Waals surface area (Å²) in [4.78, 5) is 17.5. The number of halogens is 4. The molecule has 0 atom stereocenters. The van der Waals surface area contributed by atoms with Gasteiger partial charge in [-0.15, -0.1) is 0 Å². The molecule has 0 spiro atoms. The summed E-state index contributed by atoms with van der Waals surface area (Å²) in [5, 5.41) is -0.568. The van der Waals surface area contributed by atoms with Crippen LogP contribution in [0.4, 0.5) is 13.2 Å². The first-order valence-electron chi connectivity index (χ1n) is 8.63. The number of hydrogen-bond donors (Lipinski definition) is 0. The van der Waals surface area contributed by atoms with Crippen LogP contribution in [0.25, 0.3) is 0 Å². The standard InChI is InChI=1S/C18H17ClF3N3O3S/c19-16-5-4-14(12-15(16)18(20,21)22)29(27,28)25-9-7-24(8-10-25)17(26)11-13-3-1-2-6-23-13/h1-6,12H,7-11H2. The zero-order valence-corrected chi connectivity index (χ0v) is 16.6. The number of carbonyl (C=O) groups excluding carboxylic acids is 1. The second kappa shape index (κ2) is 8.29. The lowest BCUT2D eigenvalue weighted by atomic mass is 10.2. The molecule has 1 amide bonds. The normalized spacial score (nSPS) is 16.1. The van der Waals surface area contributed by atoms with Gasteiger partial charge >= 0.3 is 6.18 Å². The molecule has 1 fully saturated rings. The topological polar surface area (TPSA) is 70.6 Å². The highest BCUT2D eigenvalue weighted by atomic mass is 35.5. The maximum absolute atomic E-state index is 13.0. The minimum atomic E-state index is -4.76. The average molecular weight is 448 g/mol. The van der Waals surface area contributed by atoms with E-state index in [2.05, 4.69) is 4.98 Å². The molecule has 0 radical (unpaired) electrons. The molecule has 3 rings (SSSR count). The molecule has 1 aromatic carbocycles. The van der Waals surface area contributed by atoms with Gasteiger partial charge in [-0.05, 0) is 30.3 Å². The Balaban J connectivity index is 1.69. The molecular formula is C18H17ClF3N3O3S. The number of carbonyl (C=O) groups is 1. The SMILES string of the molecule is O=C(Cc1ccccn1)N1CCN(S(=O)(=O)c2ccc(Cl)c(C(F)(F)F)c2)CC1. The van der Waals surface area contributed by atoms with Crippen LogP contribution in [-0.2, 0) is 27.4 Å². The predicted octanol–water partition coefficient (Wildman–Crippen LogP) is 2.83. The first-order valence-corrected chi connectivity index (χ1v) is 10.5. The Morgan fingerprint density at radius 3 is 2.38 bits per heavy atom. The number of benzene rings is 1. The van der Waals surface area contributed by atoms with Crippen LogP contribution in [-0.4, -0.2) is 54.7 Å². The lowest BCUT2D eigenvalue weighted by Crippen LogP contribution is -2.50. The molecule has 0 unspecified atom stereocenters. The molecule has 1 aromatic heterocycles. The van der Waals surface area contributed by atoms with E-state index in [-0.39, 0.29) is 38.5 Å². The van der Waals surface area contributed by atoms with E-state index in [1.54, 1.807) is 24.4 Å². The maximum Gasteiger partial charge on any atom is 0.417 e. The molecule has 6 nitrogen and oxygen atoms in total. The maximum atomic E-state index is 13.0. The van der Waals surface area contributed by atoms with Gasteiger partial charge in [0.05, 0.1) is 21.9 Å². The van der Waals surface area contributed by atoms with Crippen molar-refractivity contribution in [1.82, 2.24) is 14.2 Å². The van der Waals surface area contributed by atoms with Crippen molar-refractivity contribution in [2.45, 2.75) is 17.5 Å². The van der Waals surface area contributed by atoms with Gasteiger partial charge in [0.2, 0.25) is 15.9 Å². The molecule has 29 heavy (non-hydrogen) atoms. The van der Waals surface area contributed by atoms with Gasteiger partial charge in [0, 0.05) is 38.1 Å². The number of aromatic nitrogens is 1. The number of amides is 1. The minimum absolute atomic E-state index is 0.0136. The molecule has 0 saturated carbocycles. The summed E-state index contributed by atoms with van der Waals surface area (Å²) in [7, 11) is -4.15. The highest BCUT2D eigenvalue weighted by Crippen LogP contribution is 2.36. The van der Waals surface area contributed by atoms with Gasteiger partial charge in [0.15, 0.2) is 0 Å². The Kier molecular flexibility index (Phi) is 6.16. The predicted molar refractivity (Wildman–Crippen MR) is 99.7 cm³/mol. The van der Waals surface area contributed by atoms with Gasteiger partial charge < -0.3 is 4.90 Å².